The normalized spacial score (nSPS) is 20.1. The summed E-state index contributed by atoms with van der Waals surface area (Å²) in [5, 5.41) is 6.21. The zero-order valence-electron chi connectivity index (χ0n) is 14.3. The van der Waals surface area contributed by atoms with Gasteiger partial charge in [-0.25, -0.2) is 4.39 Å². The fourth-order valence-electron chi connectivity index (χ4n) is 3.72. The topological polar surface area (TPSA) is 50.4 Å². The molecule has 6 heteroatoms. The summed E-state index contributed by atoms with van der Waals surface area (Å²) in [6.07, 6.45) is 2.98. The molecular weight excluding hydrogens is 355 g/mol. The van der Waals surface area contributed by atoms with E-state index in [0.29, 0.717) is 17.2 Å². The molecule has 1 atom stereocenters. The SMILES string of the molecule is Cl.O=C(Nc1cc(F)ccc1Oc1ccccc1)C1CC12CCNCC2. The zero-order valence-corrected chi connectivity index (χ0v) is 15.2. The number of piperidine rings is 1. The summed E-state index contributed by atoms with van der Waals surface area (Å²) in [4.78, 5) is 12.7. The molecule has 2 N–H and O–H groups in total. The van der Waals surface area contributed by atoms with Crippen LogP contribution in [0.5, 0.6) is 11.5 Å². The Kier molecular flexibility index (Phi) is 5.49. The standard InChI is InChI=1S/C20H21FN2O2.ClH/c21-14-6-7-18(25-15-4-2-1-3-5-15)17(12-14)23-19(24)16-13-20(16)8-10-22-11-9-20;/h1-7,12,16,22H,8-11,13H2,(H,23,24);1H. The van der Waals surface area contributed by atoms with Gasteiger partial charge < -0.3 is 15.4 Å². The van der Waals surface area contributed by atoms with Gasteiger partial charge in [0.15, 0.2) is 5.75 Å². The van der Waals surface area contributed by atoms with Gasteiger partial charge in [-0.05, 0) is 62.0 Å². The minimum absolute atomic E-state index is 0. The van der Waals surface area contributed by atoms with Gasteiger partial charge in [-0.3, -0.25) is 4.79 Å². The predicted molar refractivity (Wildman–Crippen MR) is 101 cm³/mol. The highest BCUT2D eigenvalue weighted by molar-refractivity contribution is 5.96. The second kappa shape index (κ2) is 7.64. The van der Waals surface area contributed by atoms with E-state index < -0.39 is 5.82 Å². The molecule has 2 aromatic rings. The van der Waals surface area contributed by atoms with Gasteiger partial charge in [0.1, 0.15) is 11.6 Å². The maximum Gasteiger partial charge on any atom is 0.228 e. The van der Waals surface area contributed by atoms with Gasteiger partial charge in [-0.1, -0.05) is 18.2 Å². The van der Waals surface area contributed by atoms with Gasteiger partial charge in [-0.15, -0.1) is 12.4 Å². The largest absolute Gasteiger partial charge is 0.455 e. The lowest BCUT2D eigenvalue weighted by Crippen LogP contribution is -2.31. The molecule has 1 aliphatic carbocycles. The molecule has 1 saturated carbocycles. The molecular formula is C20H22ClFN2O2. The van der Waals surface area contributed by atoms with E-state index in [1.165, 1.54) is 12.1 Å². The first kappa shape index (κ1) is 18.7. The van der Waals surface area contributed by atoms with E-state index >= 15 is 0 Å². The van der Waals surface area contributed by atoms with Crippen LogP contribution in [0.4, 0.5) is 10.1 Å². The molecule has 4 nitrogen and oxygen atoms in total. The van der Waals surface area contributed by atoms with Crippen molar-refractivity contribution in [3.63, 3.8) is 0 Å². The molecule has 26 heavy (non-hydrogen) atoms. The van der Waals surface area contributed by atoms with Crippen molar-refractivity contribution < 1.29 is 13.9 Å². The van der Waals surface area contributed by atoms with Gasteiger partial charge in [0.2, 0.25) is 5.91 Å². The molecule has 2 aromatic carbocycles. The van der Waals surface area contributed by atoms with Crippen LogP contribution in [0.2, 0.25) is 0 Å². The van der Waals surface area contributed by atoms with Crippen molar-refractivity contribution in [2.24, 2.45) is 11.3 Å². The van der Waals surface area contributed by atoms with Gasteiger partial charge in [-0.2, -0.15) is 0 Å². The Morgan fingerprint density at radius 3 is 2.62 bits per heavy atom. The highest BCUT2D eigenvalue weighted by Crippen LogP contribution is 2.58. The maximum absolute atomic E-state index is 13.7. The van der Waals surface area contributed by atoms with Crippen molar-refractivity contribution in [2.45, 2.75) is 19.3 Å². The third-order valence-corrected chi connectivity index (χ3v) is 5.28. The minimum atomic E-state index is -0.400. The van der Waals surface area contributed by atoms with E-state index in [0.717, 1.165) is 32.4 Å². The van der Waals surface area contributed by atoms with E-state index in [1.54, 1.807) is 6.07 Å². The second-order valence-electron chi connectivity index (χ2n) is 6.91. The molecule has 0 aromatic heterocycles. The molecule has 0 radical (unpaired) electrons. The lowest BCUT2D eigenvalue weighted by atomic mass is 9.92. The number of anilines is 1. The average Bonchev–Trinajstić information content (AvgIpc) is 3.32. The molecule has 0 bridgehead atoms. The van der Waals surface area contributed by atoms with Crippen molar-refractivity contribution in [2.75, 3.05) is 18.4 Å². The second-order valence-corrected chi connectivity index (χ2v) is 6.91. The summed E-state index contributed by atoms with van der Waals surface area (Å²) in [7, 11) is 0. The Morgan fingerprint density at radius 1 is 1.15 bits per heavy atom. The fraction of sp³-hybridized carbons (Fsp3) is 0.350. The van der Waals surface area contributed by atoms with Crippen molar-refractivity contribution >= 4 is 24.0 Å². The van der Waals surface area contributed by atoms with Crippen LogP contribution < -0.4 is 15.4 Å². The molecule has 1 spiro atoms. The summed E-state index contributed by atoms with van der Waals surface area (Å²) in [5.74, 6) is 0.669. The summed E-state index contributed by atoms with van der Waals surface area (Å²) >= 11 is 0. The summed E-state index contributed by atoms with van der Waals surface area (Å²) in [6.45, 7) is 1.93. The maximum atomic E-state index is 13.7. The van der Waals surface area contributed by atoms with Crippen molar-refractivity contribution in [3.05, 3.63) is 54.3 Å². The minimum Gasteiger partial charge on any atom is -0.455 e. The van der Waals surface area contributed by atoms with Crippen LogP contribution in [0.15, 0.2) is 48.5 Å². The smallest absolute Gasteiger partial charge is 0.228 e. The number of nitrogens with one attached hydrogen (secondary N) is 2. The van der Waals surface area contributed by atoms with Crippen LogP contribution in [0, 0.1) is 17.2 Å². The first-order chi connectivity index (χ1) is 12.2. The van der Waals surface area contributed by atoms with Gasteiger partial charge in [0.25, 0.3) is 0 Å². The molecule has 1 heterocycles. The molecule has 2 fully saturated rings. The zero-order chi connectivity index (χ0) is 17.3. The highest BCUT2D eigenvalue weighted by atomic mass is 35.5. The van der Waals surface area contributed by atoms with Crippen LogP contribution in [0.3, 0.4) is 0 Å². The molecule has 4 rings (SSSR count). The molecule has 1 amide bonds. The number of benzene rings is 2. The number of rotatable bonds is 4. The van der Waals surface area contributed by atoms with E-state index in [2.05, 4.69) is 10.6 Å². The predicted octanol–water partition coefficient (Wildman–Crippen LogP) is 4.37. The van der Waals surface area contributed by atoms with Gasteiger partial charge >= 0.3 is 0 Å². The number of carbonyl (C=O) groups excluding carboxylic acids is 1. The Balaban J connectivity index is 0.00000196. The van der Waals surface area contributed by atoms with E-state index in [4.69, 9.17) is 4.74 Å². The van der Waals surface area contributed by atoms with Gasteiger partial charge in [0.05, 0.1) is 5.69 Å². The average molecular weight is 377 g/mol. The third-order valence-electron chi connectivity index (χ3n) is 5.28. The monoisotopic (exact) mass is 376 g/mol. The van der Waals surface area contributed by atoms with Crippen LogP contribution >= 0.6 is 12.4 Å². The van der Waals surface area contributed by atoms with E-state index in [1.807, 2.05) is 30.3 Å². The van der Waals surface area contributed by atoms with Crippen LogP contribution in [0.25, 0.3) is 0 Å². The lowest BCUT2D eigenvalue weighted by molar-refractivity contribution is -0.118. The van der Waals surface area contributed by atoms with Crippen LogP contribution in [-0.4, -0.2) is 19.0 Å². The van der Waals surface area contributed by atoms with E-state index in [9.17, 15) is 9.18 Å². The highest BCUT2D eigenvalue weighted by Gasteiger charge is 2.57. The first-order valence-electron chi connectivity index (χ1n) is 8.70. The third kappa shape index (κ3) is 3.84. The number of hydrogen-bond acceptors (Lipinski definition) is 3. The summed E-state index contributed by atoms with van der Waals surface area (Å²) < 4.78 is 19.5. The van der Waals surface area contributed by atoms with Crippen molar-refractivity contribution in [1.29, 1.82) is 0 Å². The fourth-order valence-corrected chi connectivity index (χ4v) is 3.72. The summed E-state index contributed by atoms with van der Waals surface area (Å²) in [5.41, 5.74) is 0.521. The number of ether oxygens (including phenoxy) is 1. The first-order valence-corrected chi connectivity index (χ1v) is 8.70. The number of carbonyl (C=O) groups is 1. The summed E-state index contributed by atoms with van der Waals surface area (Å²) in [6, 6.07) is 13.5. The Bertz CT molecular complexity index is 779. The quantitative estimate of drug-likeness (QED) is 0.833. The molecule has 1 saturated heterocycles. The Hall–Kier alpha value is -2.11. The molecule has 1 aliphatic heterocycles. The van der Waals surface area contributed by atoms with Crippen molar-refractivity contribution in [3.8, 4) is 11.5 Å². The Labute approximate surface area is 158 Å². The number of hydrogen-bond donors (Lipinski definition) is 2. The number of para-hydroxylation sites is 1. The van der Waals surface area contributed by atoms with Crippen LogP contribution in [-0.2, 0) is 4.79 Å². The lowest BCUT2D eigenvalue weighted by Gasteiger charge is -2.23. The number of amides is 1. The Morgan fingerprint density at radius 2 is 1.88 bits per heavy atom. The van der Waals surface area contributed by atoms with Gasteiger partial charge in [0, 0.05) is 12.0 Å². The number of halogens is 2. The van der Waals surface area contributed by atoms with E-state index in [-0.39, 0.29) is 29.6 Å². The van der Waals surface area contributed by atoms with Crippen LogP contribution in [0.1, 0.15) is 19.3 Å². The molecule has 138 valence electrons. The molecule has 1 unspecified atom stereocenters. The van der Waals surface area contributed by atoms with Crippen molar-refractivity contribution in [1.82, 2.24) is 5.32 Å². The molecule has 2 aliphatic rings.